The molecule has 0 atom stereocenters. The summed E-state index contributed by atoms with van der Waals surface area (Å²) in [6.45, 7) is 5.61. The van der Waals surface area contributed by atoms with E-state index in [1.54, 1.807) is 37.3 Å². The van der Waals surface area contributed by atoms with Crippen molar-refractivity contribution in [2.45, 2.75) is 20.8 Å². The van der Waals surface area contributed by atoms with Crippen LogP contribution in [0.25, 0.3) is 0 Å². The summed E-state index contributed by atoms with van der Waals surface area (Å²) in [6, 6.07) is 6.75. The molecule has 1 aliphatic carbocycles. The zero-order valence-electron chi connectivity index (χ0n) is 13.6. The number of methoxy groups -OCH3 is 1. The van der Waals surface area contributed by atoms with Crippen LogP contribution in [0.2, 0.25) is 0 Å². The summed E-state index contributed by atoms with van der Waals surface area (Å²) in [5, 5.41) is 3.90. The second kappa shape index (κ2) is 7.05. The van der Waals surface area contributed by atoms with Crippen molar-refractivity contribution < 1.29 is 19.2 Å². The number of benzene rings is 1. The van der Waals surface area contributed by atoms with E-state index in [0.29, 0.717) is 28.2 Å². The third kappa shape index (κ3) is 3.74. The van der Waals surface area contributed by atoms with Gasteiger partial charge < -0.3 is 9.57 Å². The topological polar surface area (TPSA) is 65.0 Å². The van der Waals surface area contributed by atoms with Crippen molar-refractivity contribution in [2.24, 2.45) is 11.1 Å². The summed E-state index contributed by atoms with van der Waals surface area (Å²) in [5.74, 6) is -0.157. The fourth-order valence-corrected chi connectivity index (χ4v) is 2.19. The number of hydrogen-bond acceptors (Lipinski definition) is 5. The summed E-state index contributed by atoms with van der Waals surface area (Å²) < 4.78 is 5.12. The number of carbonyl (C=O) groups is 2. The maximum atomic E-state index is 12.1. The third-order valence-corrected chi connectivity index (χ3v) is 3.50. The first-order valence-electron chi connectivity index (χ1n) is 7.31. The van der Waals surface area contributed by atoms with E-state index >= 15 is 0 Å². The van der Waals surface area contributed by atoms with Crippen molar-refractivity contribution in [3.8, 4) is 5.75 Å². The Morgan fingerprint density at radius 2 is 1.87 bits per heavy atom. The second-order valence-corrected chi connectivity index (χ2v) is 5.50. The Labute approximate surface area is 135 Å². The van der Waals surface area contributed by atoms with Crippen molar-refractivity contribution in [1.29, 1.82) is 0 Å². The summed E-state index contributed by atoms with van der Waals surface area (Å²) in [6.07, 6.45) is 3.17. The molecule has 0 amide bonds. The molecule has 5 nitrogen and oxygen atoms in total. The maximum Gasteiger partial charge on any atom is 0.369 e. The number of ether oxygens (including phenoxy) is 1. The number of allylic oxidation sites excluding steroid dienone is 4. The van der Waals surface area contributed by atoms with Crippen LogP contribution in [0.5, 0.6) is 5.75 Å². The number of carbonyl (C=O) groups excluding carboxylic acids is 2. The number of para-hydroxylation sites is 1. The molecule has 0 aliphatic heterocycles. The van der Waals surface area contributed by atoms with Gasteiger partial charge in [0, 0.05) is 5.57 Å². The average Bonchev–Trinajstić information content (AvgIpc) is 2.53. The highest BCUT2D eigenvalue weighted by Crippen LogP contribution is 2.21. The molecule has 0 saturated carbocycles. The van der Waals surface area contributed by atoms with E-state index in [1.165, 1.54) is 13.2 Å². The first-order chi connectivity index (χ1) is 10.9. The van der Waals surface area contributed by atoms with E-state index in [-0.39, 0.29) is 11.7 Å². The molecule has 0 heterocycles. The quantitative estimate of drug-likeness (QED) is 0.486. The number of oxime groups is 1. The van der Waals surface area contributed by atoms with Crippen molar-refractivity contribution >= 4 is 17.5 Å². The van der Waals surface area contributed by atoms with Gasteiger partial charge in [0.1, 0.15) is 17.0 Å². The summed E-state index contributed by atoms with van der Waals surface area (Å²) in [7, 11) is 1.48. The van der Waals surface area contributed by atoms with E-state index in [0.717, 1.165) is 0 Å². The lowest BCUT2D eigenvalue weighted by Gasteiger charge is -2.14. The van der Waals surface area contributed by atoms with Crippen LogP contribution in [0.1, 0.15) is 31.1 Å². The molecule has 0 unspecified atom stereocenters. The lowest BCUT2D eigenvalue weighted by molar-refractivity contribution is -0.111. The van der Waals surface area contributed by atoms with Gasteiger partial charge in [-0.15, -0.1) is 0 Å². The molecule has 2 rings (SSSR count). The lowest BCUT2D eigenvalue weighted by Crippen LogP contribution is -2.16. The van der Waals surface area contributed by atoms with Crippen LogP contribution in [0.3, 0.4) is 0 Å². The smallest absolute Gasteiger partial charge is 0.369 e. The molecule has 5 heteroatoms. The van der Waals surface area contributed by atoms with Gasteiger partial charge >= 0.3 is 5.97 Å². The van der Waals surface area contributed by atoms with Gasteiger partial charge in [0.15, 0.2) is 5.78 Å². The Morgan fingerprint density at radius 3 is 2.52 bits per heavy atom. The lowest BCUT2D eigenvalue weighted by atomic mass is 9.90. The van der Waals surface area contributed by atoms with Gasteiger partial charge in [-0.25, -0.2) is 4.79 Å². The van der Waals surface area contributed by atoms with Crippen LogP contribution in [0, 0.1) is 5.92 Å². The van der Waals surface area contributed by atoms with Crippen molar-refractivity contribution in [2.75, 3.05) is 7.11 Å². The van der Waals surface area contributed by atoms with Crippen molar-refractivity contribution in [3.05, 3.63) is 53.1 Å². The van der Waals surface area contributed by atoms with Gasteiger partial charge in [0.2, 0.25) is 0 Å². The van der Waals surface area contributed by atoms with Gasteiger partial charge in [-0.2, -0.15) is 0 Å². The molecule has 0 fully saturated rings. The van der Waals surface area contributed by atoms with Gasteiger partial charge in [-0.05, 0) is 42.7 Å². The normalized spacial score (nSPS) is 16.2. The summed E-state index contributed by atoms with van der Waals surface area (Å²) in [4.78, 5) is 29.1. The molecule has 0 radical (unpaired) electrons. The minimum Gasteiger partial charge on any atom is -0.496 e. The Kier molecular flexibility index (Phi) is 5.11. The minimum absolute atomic E-state index is 0.0347. The van der Waals surface area contributed by atoms with Gasteiger partial charge in [-0.1, -0.05) is 31.1 Å². The third-order valence-electron chi connectivity index (χ3n) is 3.50. The number of hydrogen-bond donors (Lipinski definition) is 0. The largest absolute Gasteiger partial charge is 0.496 e. The second-order valence-electron chi connectivity index (χ2n) is 5.50. The zero-order chi connectivity index (χ0) is 17.0. The highest BCUT2D eigenvalue weighted by Gasteiger charge is 2.20. The molecule has 0 N–H and O–H groups in total. The van der Waals surface area contributed by atoms with Crippen molar-refractivity contribution in [3.63, 3.8) is 0 Å². The van der Waals surface area contributed by atoms with Crippen LogP contribution >= 0.6 is 0 Å². The van der Waals surface area contributed by atoms with Crippen LogP contribution in [0.4, 0.5) is 0 Å². The Balaban J connectivity index is 2.23. The Bertz CT molecular complexity index is 726. The van der Waals surface area contributed by atoms with E-state index in [4.69, 9.17) is 9.57 Å². The fraction of sp³-hybridized carbons (Fsp3) is 0.278. The predicted octanol–water partition coefficient (Wildman–Crippen LogP) is 3.32. The first kappa shape index (κ1) is 16.7. The molecule has 1 aliphatic rings. The molecule has 0 saturated heterocycles. The SMILES string of the molecule is COc1ccccc1C(=O)ON=C1C=C(C(C)C)C(=O)C=C1C. The van der Waals surface area contributed by atoms with Crippen LogP contribution in [-0.2, 0) is 9.63 Å². The van der Waals surface area contributed by atoms with E-state index in [9.17, 15) is 9.59 Å². The molecule has 1 aromatic rings. The summed E-state index contributed by atoms with van der Waals surface area (Å²) >= 11 is 0. The van der Waals surface area contributed by atoms with Crippen LogP contribution in [-0.4, -0.2) is 24.6 Å². The fourth-order valence-electron chi connectivity index (χ4n) is 2.19. The first-order valence-corrected chi connectivity index (χ1v) is 7.31. The number of rotatable bonds is 4. The predicted molar refractivity (Wildman–Crippen MR) is 87.5 cm³/mol. The van der Waals surface area contributed by atoms with E-state index in [2.05, 4.69) is 5.16 Å². The molecular formula is C18H19NO4. The Morgan fingerprint density at radius 1 is 1.17 bits per heavy atom. The number of nitrogens with zero attached hydrogens (tertiary/aromatic N) is 1. The Hall–Kier alpha value is -2.69. The highest BCUT2D eigenvalue weighted by atomic mass is 16.7. The monoisotopic (exact) mass is 313 g/mol. The van der Waals surface area contributed by atoms with E-state index in [1.807, 2.05) is 13.8 Å². The molecule has 0 spiro atoms. The molecule has 120 valence electrons. The minimum atomic E-state index is -0.612. The molecule has 23 heavy (non-hydrogen) atoms. The van der Waals surface area contributed by atoms with Gasteiger partial charge in [0.05, 0.1) is 7.11 Å². The van der Waals surface area contributed by atoms with Crippen LogP contribution < -0.4 is 4.74 Å². The average molecular weight is 313 g/mol. The highest BCUT2D eigenvalue weighted by molar-refractivity contribution is 6.21. The van der Waals surface area contributed by atoms with Crippen LogP contribution in [0.15, 0.2) is 52.7 Å². The van der Waals surface area contributed by atoms with Crippen molar-refractivity contribution in [1.82, 2.24) is 0 Å². The maximum absolute atomic E-state index is 12.1. The van der Waals surface area contributed by atoms with Gasteiger partial charge in [-0.3, -0.25) is 4.79 Å². The van der Waals surface area contributed by atoms with E-state index < -0.39 is 5.97 Å². The number of ketones is 1. The molecular weight excluding hydrogens is 294 g/mol. The van der Waals surface area contributed by atoms with Gasteiger partial charge in [0.25, 0.3) is 0 Å². The molecule has 1 aromatic carbocycles. The standard InChI is InChI=1S/C18H19NO4/c1-11(2)14-10-15(12(3)9-16(14)20)19-23-18(21)13-7-5-6-8-17(13)22-4/h5-11H,1-4H3. The molecule has 0 aromatic heterocycles. The zero-order valence-corrected chi connectivity index (χ0v) is 13.6. The molecule has 0 bridgehead atoms. The summed E-state index contributed by atoms with van der Waals surface area (Å²) in [5.41, 5.74) is 2.06.